The minimum absolute atomic E-state index is 0.409. The van der Waals surface area contributed by atoms with E-state index in [1.54, 1.807) is 0 Å². The van der Waals surface area contributed by atoms with Crippen LogP contribution in [0.4, 0.5) is 0 Å². The van der Waals surface area contributed by atoms with Crippen molar-refractivity contribution >= 4 is 0 Å². The Labute approximate surface area is 464 Å². The Bertz CT molecular complexity index is 2050. The molecule has 24 rings (SSSR count). The molecule has 22 saturated heterocycles. The highest BCUT2D eigenvalue weighted by Crippen LogP contribution is 2.44. The molecule has 0 spiro atoms. The number of hydrogen-bond acceptors (Lipinski definition) is 30. The fraction of sp³-hybridized carbons (Fsp3) is 0.882. The van der Waals surface area contributed by atoms with E-state index >= 15 is 0 Å². The molecule has 30 atom stereocenters. The van der Waals surface area contributed by atoms with Gasteiger partial charge in [-0.3, -0.25) is 0 Å². The number of aliphatic hydroxyl groups is 17. The maximum Gasteiger partial charge on any atom is 0.187 e. The van der Waals surface area contributed by atoms with Crippen LogP contribution in [0.1, 0.15) is 56.9 Å². The van der Waals surface area contributed by atoms with Crippen molar-refractivity contribution in [1.82, 2.24) is 0 Å². The normalized spacial score (nSPS) is 49.5. The van der Waals surface area contributed by atoms with E-state index in [0.717, 1.165) is 25.7 Å². The molecule has 1 aromatic carbocycles. The van der Waals surface area contributed by atoms with Gasteiger partial charge in [-0.15, -0.1) is 0 Å². The number of ether oxygens (including phenoxy) is 13. The van der Waals surface area contributed by atoms with Gasteiger partial charge in [-0.05, 0) is 18.4 Å². The van der Waals surface area contributed by atoms with E-state index in [0.29, 0.717) is 31.2 Å². The molecule has 464 valence electrons. The van der Waals surface area contributed by atoms with Crippen LogP contribution >= 0.6 is 0 Å². The minimum atomic E-state index is -2.15. The molecular weight excluding hydrogens is 1090 g/mol. The highest BCUT2D eigenvalue weighted by Gasteiger charge is 2.60. The van der Waals surface area contributed by atoms with Gasteiger partial charge in [-0.1, -0.05) is 68.9 Å². The molecule has 81 heavy (non-hydrogen) atoms. The molecular formula is C51H80O30. The van der Waals surface area contributed by atoms with E-state index in [-0.39, 0.29) is 0 Å². The second kappa shape index (κ2) is 27.8. The lowest BCUT2D eigenvalue weighted by molar-refractivity contribution is -0.407. The zero-order chi connectivity index (χ0) is 58.0. The quantitative estimate of drug-likeness (QED) is 0.109. The summed E-state index contributed by atoms with van der Waals surface area (Å²) in [5.41, 5.74) is -0.478. The Morgan fingerprint density at radius 1 is 0.309 bits per heavy atom. The third kappa shape index (κ3) is 13.0. The molecule has 30 heteroatoms. The van der Waals surface area contributed by atoms with Gasteiger partial charge in [-0.25, -0.2) is 0 Å². The second-order valence-electron chi connectivity index (χ2n) is 21.9. The third-order valence-corrected chi connectivity index (χ3v) is 16.7. The van der Waals surface area contributed by atoms with Gasteiger partial charge in [0.15, 0.2) is 37.7 Å². The Hall–Kier alpha value is -1.98. The Balaban J connectivity index is 1.08. The molecule has 1 aromatic rings. The first-order valence-electron chi connectivity index (χ1n) is 27.7. The van der Waals surface area contributed by atoms with Crippen LogP contribution in [0.3, 0.4) is 0 Å². The first-order chi connectivity index (χ1) is 38.9. The van der Waals surface area contributed by atoms with E-state index in [9.17, 15) is 86.8 Å². The Morgan fingerprint density at radius 2 is 0.556 bits per heavy atom. The summed E-state index contributed by atoms with van der Waals surface area (Å²) < 4.78 is 78.5. The van der Waals surface area contributed by atoms with Crippen molar-refractivity contribution in [3.05, 3.63) is 35.9 Å². The molecule has 17 N–H and O–H groups in total. The molecule has 1 aliphatic carbocycles. The molecule has 23 aliphatic rings. The monoisotopic (exact) mass is 1170 g/mol. The average molecular weight is 1170 g/mol. The fourth-order valence-corrected chi connectivity index (χ4v) is 12.2. The van der Waals surface area contributed by atoms with E-state index < -0.39 is 229 Å². The first kappa shape index (κ1) is 63.5. The number of benzene rings is 1. The number of rotatable bonds is 9. The van der Waals surface area contributed by atoms with E-state index in [1.807, 2.05) is 30.3 Å². The molecule has 0 radical (unpaired) electrons. The predicted molar refractivity (Wildman–Crippen MR) is 260 cm³/mol. The van der Waals surface area contributed by atoms with Crippen LogP contribution in [0.15, 0.2) is 30.3 Å². The lowest BCUT2D eigenvalue weighted by Gasteiger charge is -2.52. The van der Waals surface area contributed by atoms with Crippen molar-refractivity contribution in [1.29, 1.82) is 0 Å². The summed E-state index contributed by atoms with van der Waals surface area (Å²) in [5, 5.41) is 192. The highest BCUT2D eigenvalue weighted by molar-refractivity contribution is 5.23. The molecule has 1 saturated carbocycles. The van der Waals surface area contributed by atoms with Gasteiger partial charge in [0.25, 0.3) is 0 Å². The van der Waals surface area contributed by atoms with Crippen molar-refractivity contribution in [2.24, 2.45) is 0 Å². The Morgan fingerprint density at radius 3 is 0.840 bits per heavy atom. The zero-order valence-corrected chi connectivity index (χ0v) is 44.0. The van der Waals surface area contributed by atoms with Crippen LogP contribution in [-0.2, 0) is 67.2 Å². The SMILES string of the molecule is OC[C@H]1O[C@@H]2O[C@H]3[C@H](O)[C@@H](O)[C@@H](O[C@H]4[C@H](O)[C@@H](O)[C@@H](O[C@H]5[C@H](O)[C@@H](O)[C@@H](O[C@H]6[C@H](O)[C@@H](O)[C@@H](O[C@H]7[C@H](O)[C@@H](O)[C@@H](O[C@@H]1[C@H](OC1(c8ccccc8)CCCCCCCC1)[C@H]2O)O[C@@H]7CO)O[C@@H]6CO)O[C@@H]5CO)O[C@@H]4CO)O[C@@H]3CO. The smallest absolute Gasteiger partial charge is 0.187 e. The van der Waals surface area contributed by atoms with Gasteiger partial charge in [0.2, 0.25) is 0 Å². The van der Waals surface area contributed by atoms with Crippen molar-refractivity contribution in [3.63, 3.8) is 0 Å². The molecule has 30 nitrogen and oxygen atoms in total. The lowest BCUT2D eigenvalue weighted by Crippen LogP contribution is -2.69. The van der Waals surface area contributed by atoms with Gasteiger partial charge >= 0.3 is 0 Å². The largest absolute Gasteiger partial charge is 0.394 e. The van der Waals surface area contributed by atoms with Crippen molar-refractivity contribution in [2.45, 2.75) is 241 Å². The van der Waals surface area contributed by atoms with Gasteiger partial charge in [0.1, 0.15) is 146 Å². The van der Waals surface area contributed by atoms with E-state index in [4.69, 9.17) is 61.6 Å². The molecule has 22 heterocycles. The maximum atomic E-state index is 12.6. The van der Waals surface area contributed by atoms with Crippen LogP contribution in [-0.4, -0.2) is 311 Å². The summed E-state index contributed by atoms with van der Waals surface area (Å²) in [6, 6.07) is 9.13. The van der Waals surface area contributed by atoms with Crippen molar-refractivity contribution in [2.75, 3.05) is 39.6 Å². The maximum absolute atomic E-state index is 12.6. The van der Waals surface area contributed by atoms with Crippen molar-refractivity contribution in [3.8, 4) is 0 Å². The van der Waals surface area contributed by atoms with E-state index in [2.05, 4.69) is 0 Å². The van der Waals surface area contributed by atoms with Gasteiger partial charge < -0.3 is 148 Å². The summed E-state index contributed by atoms with van der Waals surface area (Å²) in [5.74, 6) is 0. The van der Waals surface area contributed by atoms with Crippen LogP contribution in [0.2, 0.25) is 0 Å². The molecule has 23 fully saturated rings. The Kier molecular flexibility index (Phi) is 21.8. The summed E-state index contributed by atoms with van der Waals surface area (Å²) in [7, 11) is 0. The van der Waals surface area contributed by atoms with Crippen LogP contribution in [0.5, 0.6) is 0 Å². The lowest BCUT2D eigenvalue weighted by atomic mass is 9.83. The molecule has 12 bridgehead atoms. The van der Waals surface area contributed by atoms with Crippen molar-refractivity contribution < 1.29 is 148 Å². The summed E-state index contributed by atoms with van der Waals surface area (Å²) in [4.78, 5) is 0. The summed E-state index contributed by atoms with van der Waals surface area (Å²) >= 11 is 0. The number of aliphatic hydroxyl groups excluding tert-OH is 17. The predicted octanol–water partition coefficient (Wildman–Crippen LogP) is -8.00. The first-order valence-corrected chi connectivity index (χ1v) is 27.7. The standard InChI is InChI=1S/C51H80O30/c52-14-21-38-27(58)32(63)45(69-21)76-39-22(15-53)71-47(34(65)29(39)60)78-41-24(17-55)73-49(36(67)31(41)62)80-43-26(19-57)74-50(37(68)44(43)81-51(20-10-6-5-7-11-20)12-8-3-1-2-4-9-13-51)79-42-25(18-56)72-48(35(66)30(42)61)77-40-23(16-54)70-46(75-38)33(64)28(40)59/h5-7,10-11,21-50,52-68H,1-4,8-9,12-19H2/t21-,22-,23-,24-,25-,26-,27-,28-,29-,30-,31-,32-,33-,34-,35-,36-,37-,38-,39-,40-,41-,42-,43+,44-,45-,46-,47-,48-,49-,50-/m1/s1. The summed E-state index contributed by atoms with van der Waals surface area (Å²) in [6.45, 7) is -5.86. The van der Waals surface area contributed by atoms with Crippen LogP contribution < -0.4 is 0 Å². The van der Waals surface area contributed by atoms with Crippen LogP contribution in [0.25, 0.3) is 0 Å². The van der Waals surface area contributed by atoms with E-state index in [1.165, 1.54) is 0 Å². The number of hydrogen-bond donors (Lipinski definition) is 17. The topological polar surface area (TPSA) is 464 Å². The molecule has 22 aliphatic heterocycles. The van der Waals surface area contributed by atoms with Gasteiger partial charge in [-0.2, -0.15) is 0 Å². The third-order valence-electron chi connectivity index (χ3n) is 16.7. The summed E-state index contributed by atoms with van der Waals surface area (Å²) in [6.07, 6.45) is -51.8. The average Bonchev–Trinajstić information content (AvgIpc) is 3.74. The van der Waals surface area contributed by atoms with Gasteiger partial charge in [0.05, 0.1) is 45.2 Å². The molecule has 0 aromatic heterocycles. The minimum Gasteiger partial charge on any atom is -0.394 e. The van der Waals surface area contributed by atoms with Crippen LogP contribution in [0, 0.1) is 0 Å². The molecule has 0 amide bonds. The highest BCUT2D eigenvalue weighted by atomic mass is 16.8. The second-order valence-corrected chi connectivity index (χ2v) is 21.9. The van der Waals surface area contributed by atoms with Gasteiger partial charge in [0, 0.05) is 0 Å². The molecule has 0 unspecified atom stereocenters. The zero-order valence-electron chi connectivity index (χ0n) is 44.0. The fourth-order valence-electron chi connectivity index (χ4n) is 12.2.